The second-order valence-electron chi connectivity index (χ2n) is 8.12. The molecule has 0 unspecified atom stereocenters. The Balaban J connectivity index is 1.58. The van der Waals surface area contributed by atoms with Crippen molar-refractivity contribution in [3.05, 3.63) is 48.6 Å². The number of hydrogen-bond donors (Lipinski definition) is 3. The monoisotopic (exact) mass is 427 g/mol. The van der Waals surface area contributed by atoms with Crippen molar-refractivity contribution in [2.24, 2.45) is 11.8 Å². The predicted octanol–water partition coefficient (Wildman–Crippen LogP) is 1.85. The van der Waals surface area contributed by atoms with Crippen molar-refractivity contribution in [1.29, 1.82) is 0 Å². The Morgan fingerprint density at radius 2 is 1.84 bits per heavy atom. The van der Waals surface area contributed by atoms with E-state index in [2.05, 4.69) is 22.5 Å². The van der Waals surface area contributed by atoms with Crippen LogP contribution < -0.4 is 16.0 Å². The highest BCUT2D eigenvalue weighted by atomic mass is 16.5. The minimum atomic E-state index is -0.859. The highest BCUT2D eigenvalue weighted by Crippen LogP contribution is 2.33. The summed E-state index contributed by atoms with van der Waals surface area (Å²) in [7, 11) is 0. The second-order valence-corrected chi connectivity index (χ2v) is 8.12. The normalized spacial score (nSPS) is 19.6. The first-order chi connectivity index (χ1) is 15.0. The van der Waals surface area contributed by atoms with E-state index >= 15 is 0 Å². The van der Waals surface area contributed by atoms with E-state index in [1.165, 1.54) is 0 Å². The lowest BCUT2D eigenvalue weighted by Crippen LogP contribution is -2.52. The number of hydrogen-bond acceptors (Lipinski definition) is 5. The summed E-state index contributed by atoms with van der Waals surface area (Å²) in [5.41, 5.74) is 0.840. The Morgan fingerprint density at radius 3 is 2.45 bits per heavy atom. The van der Waals surface area contributed by atoms with E-state index in [4.69, 9.17) is 4.74 Å². The van der Waals surface area contributed by atoms with E-state index in [0.29, 0.717) is 25.3 Å². The summed E-state index contributed by atoms with van der Waals surface area (Å²) in [6.45, 7) is 4.15. The van der Waals surface area contributed by atoms with Crippen molar-refractivity contribution in [2.45, 2.75) is 50.8 Å². The van der Waals surface area contributed by atoms with Crippen LogP contribution >= 0.6 is 0 Å². The lowest BCUT2D eigenvalue weighted by Gasteiger charge is -2.23. The molecule has 1 aliphatic heterocycles. The van der Waals surface area contributed by atoms with Crippen LogP contribution in [-0.2, 0) is 25.7 Å². The minimum absolute atomic E-state index is 0.0960. The number of alkyl carbamates (subject to hydrolysis) is 1. The fourth-order valence-corrected chi connectivity index (χ4v) is 3.64. The van der Waals surface area contributed by atoms with Gasteiger partial charge >= 0.3 is 6.09 Å². The molecule has 2 aliphatic rings. The van der Waals surface area contributed by atoms with Crippen molar-refractivity contribution >= 4 is 23.7 Å². The van der Waals surface area contributed by atoms with Crippen LogP contribution in [0.5, 0.6) is 0 Å². The van der Waals surface area contributed by atoms with Gasteiger partial charge in [0, 0.05) is 12.5 Å². The van der Waals surface area contributed by atoms with Crippen LogP contribution in [0, 0.1) is 11.8 Å². The number of carbonyl (C=O) groups is 4. The summed E-state index contributed by atoms with van der Waals surface area (Å²) in [6, 6.07) is 7.58. The Morgan fingerprint density at radius 1 is 1.10 bits per heavy atom. The van der Waals surface area contributed by atoms with Gasteiger partial charge in [0.2, 0.25) is 11.8 Å². The Bertz CT molecular complexity index is 822. The number of amides is 3. The van der Waals surface area contributed by atoms with E-state index in [1.54, 1.807) is 0 Å². The Kier molecular flexibility index (Phi) is 7.81. The van der Waals surface area contributed by atoms with Crippen molar-refractivity contribution < 1.29 is 23.9 Å². The van der Waals surface area contributed by atoms with Crippen molar-refractivity contribution in [3.63, 3.8) is 0 Å². The highest BCUT2D eigenvalue weighted by Gasteiger charge is 2.34. The number of carbonyl (C=O) groups excluding carboxylic acids is 4. The quantitative estimate of drug-likeness (QED) is 0.467. The molecule has 0 radical (unpaired) electrons. The smallest absolute Gasteiger partial charge is 0.408 e. The van der Waals surface area contributed by atoms with Crippen molar-refractivity contribution in [2.75, 3.05) is 6.54 Å². The Labute approximate surface area is 181 Å². The van der Waals surface area contributed by atoms with Crippen LogP contribution in [0.4, 0.5) is 4.79 Å². The molecule has 3 N–H and O–H groups in total. The SMILES string of the molecule is C=CC(=O)[C@H](C[C@@H]1CCNC1=O)NC(=O)[C@H](CC1CC1)NC(=O)OCc1ccccc1. The topological polar surface area (TPSA) is 114 Å². The van der Waals surface area contributed by atoms with Gasteiger partial charge in [-0.3, -0.25) is 14.4 Å². The maximum atomic E-state index is 12.9. The molecule has 31 heavy (non-hydrogen) atoms. The zero-order chi connectivity index (χ0) is 22.2. The first-order valence-electron chi connectivity index (χ1n) is 10.7. The number of benzene rings is 1. The molecule has 1 saturated heterocycles. The van der Waals surface area contributed by atoms with Gasteiger partial charge in [-0.2, -0.15) is 0 Å². The van der Waals surface area contributed by atoms with E-state index in [9.17, 15) is 19.2 Å². The molecule has 1 heterocycles. The largest absolute Gasteiger partial charge is 0.445 e. The fraction of sp³-hybridized carbons (Fsp3) is 0.478. The van der Waals surface area contributed by atoms with Crippen LogP contribution in [0.15, 0.2) is 43.0 Å². The summed E-state index contributed by atoms with van der Waals surface area (Å²) >= 11 is 0. The molecule has 166 valence electrons. The van der Waals surface area contributed by atoms with Crippen LogP contribution in [0.2, 0.25) is 0 Å². The molecule has 8 nitrogen and oxygen atoms in total. The maximum Gasteiger partial charge on any atom is 0.408 e. The third kappa shape index (κ3) is 6.94. The fourth-order valence-electron chi connectivity index (χ4n) is 3.64. The van der Waals surface area contributed by atoms with Crippen molar-refractivity contribution in [3.8, 4) is 0 Å². The molecule has 8 heteroatoms. The van der Waals surface area contributed by atoms with Crippen molar-refractivity contribution in [1.82, 2.24) is 16.0 Å². The summed E-state index contributed by atoms with van der Waals surface area (Å²) in [5, 5.41) is 8.08. The van der Waals surface area contributed by atoms with Gasteiger partial charge in [0.1, 0.15) is 12.6 Å². The summed E-state index contributed by atoms with van der Waals surface area (Å²) in [4.78, 5) is 49.4. The van der Waals surface area contributed by atoms with Crippen LogP contribution in [-0.4, -0.2) is 42.3 Å². The highest BCUT2D eigenvalue weighted by molar-refractivity contribution is 5.98. The van der Waals surface area contributed by atoms with Crippen LogP contribution in [0.3, 0.4) is 0 Å². The average molecular weight is 428 g/mol. The van der Waals surface area contributed by atoms with Gasteiger partial charge in [0.25, 0.3) is 0 Å². The standard InChI is InChI=1S/C23H29N3O5/c1-2-20(27)18(13-17-10-11-24-21(17)28)25-22(29)19(12-15-8-9-15)26-23(30)31-14-16-6-4-3-5-7-16/h2-7,15,17-19H,1,8-14H2,(H,24,28)(H,25,29)(H,26,30)/t17-,18-,19-/m0/s1. The van der Waals surface area contributed by atoms with Gasteiger partial charge in [-0.15, -0.1) is 0 Å². The molecule has 3 atom stereocenters. The minimum Gasteiger partial charge on any atom is -0.445 e. The zero-order valence-corrected chi connectivity index (χ0v) is 17.5. The van der Waals surface area contributed by atoms with E-state index in [1.807, 2.05) is 30.3 Å². The lowest BCUT2D eigenvalue weighted by atomic mass is 9.95. The third-order valence-electron chi connectivity index (χ3n) is 5.63. The number of nitrogens with one attached hydrogen (secondary N) is 3. The molecule has 0 bridgehead atoms. The van der Waals surface area contributed by atoms with E-state index in [-0.39, 0.29) is 30.6 Å². The summed E-state index contributed by atoms with van der Waals surface area (Å²) < 4.78 is 5.24. The van der Waals surface area contributed by atoms with Gasteiger partial charge < -0.3 is 20.7 Å². The third-order valence-corrected chi connectivity index (χ3v) is 5.63. The molecule has 1 saturated carbocycles. The first-order valence-corrected chi connectivity index (χ1v) is 10.7. The zero-order valence-electron chi connectivity index (χ0n) is 17.5. The molecular formula is C23H29N3O5. The van der Waals surface area contributed by atoms with Crippen LogP contribution in [0.25, 0.3) is 0 Å². The van der Waals surface area contributed by atoms with E-state index in [0.717, 1.165) is 24.5 Å². The molecule has 0 aromatic heterocycles. The van der Waals surface area contributed by atoms with Gasteiger partial charge in [-0.25, -0.2) is 4.79 Å². The van der Waals surface area contributed by atoms with Gasteiger partial charge in [0.05, 0.1) is 6.04 Å². The van der Waals surface area contributed by atoms with Gasteiger partial charge in [0.15, 0.2) is 5.78 Å². The van der Waals surface area contributed by atoms with Gasteiger partial charge in [-0.1, -0.05) is 49.8 Å². The predicted molar refractivity (Wildman–Crippen MR) is 114 cm³/mol. The number of rotatable bonds is 11. The molecule has 3 rings (SSSR count). The second kappa shape index (κ2) is 10.7. The average Bonchev–Trinajstić information content (AvgIpc) is 3.51. The van der Waals surface area contributed by atoms with Gasteiger partial charge in [-0.05, 0) is 36.8 Å². The maximum absolute atomic E-state index is 12.9. The molecule has 1 aromatic rings. The Hall–Kier alpha value is -3.16. The number of ether oxygens (including phenoxy) is 1. The number of ketones is 1. The molecule has 2 fully saturated rings. The lowest BCUT2D eigenvalue weighted by molar-refractivity contribution is -0.129. The molecule has 1 aliphatic carbocycles. The summed E-state index contributed by atoms with van der Waals surface area (Å²) in [6.07, 6.45) is 3.76. The molecule has 0 spiro atoms. The first kappa shape index (κ1) is 22.5. The molecular weight excluding hydrogens is 398 g/mol. The molecule has 1 aromatic carbocycles. The molecule has 3 amide bonds. The van der Waals surface area contributed by atoms with E-state index < -0.39 is 24.1 Å². The summed E-state index contributed by atoms with van der Waals surface area (Å²) in [5.74, 6) is -0.903. The van der Waals surface area contributed by atoms with Crippen LogP contribution in [0.1, 0.15) is 37.7 Å².